The third kappa shape index (κ3) is 6.43. The standard InChI is InChI=1S/C22H25FN4O2/c23-20-9-5-4-6-18(20)10-11-21(28)24-25-22(29)12-13-26-14-16-27(17-15-26)19-7-2-1-3-8-19/h1-11H,12-17H2,(H,24,28)(H,25,29)/b11-10+. The quantitative estimate of drug-likeness (QED) is 0.580. The molecule has 0 atom stereocenters. The number of piperazine rings is 1. The summed E-state index contributed by atoms with van der Waals surface area (Å²) >= 11 is 0. The first-order valence-electron chi connectivity index (χ1n) is 9.65. The van der Waals surface area contributed by atoms with Crippen molar-refractivity contribution in [2.45, 2.75) is 6.42 Å². The molecule has 6 nitrogen and oxygen atoms in total. The van der Waals surface area contributed by atoms with E-state index >= 15 is 0 Å². The average Bonchev–Trinajstić information content (AvgIpc) is 2.76. The van der Waals surface area contributed by atoms with Gasteiger partial charge in [-0.3, -0.25) is 25.3 Å². The monoisotopic (exact) mass is 396 g/mol. The molecular weight excluding hydrogens is 371 g/mol. The zero-order valence-corrected chi connectivity index (χ0v) is 16.2. The number of amides is 2. The Balaban J connectivity index is 1.33. The number of carbonyl (C=O) groups is 2. The Bertz CT molecular complexity index is 849. The SMILES string of the molecule is O=C(/C=C/c1ccccc1F)NNC(=O)CCN1CCN(c2ccccc2)CC1. The molecule has 1 aliphatic heterocycles. The van der Waals surface area contributed by atoms with Crippen molar-refractivity contribution in [2.24, 2.45) is 0 Å². The van der Waals surface area contributed by atoms with Crippen molar-refractivity contribution in [3.8, 4) is 0 Å². The topological polar surface area (TPSA) is 64.7 Å². The Morgan fingerprint density at radius 1 is 0.931 bits per heavy atom. The van der Waals surface area contributed by atoms with Gasteiger partial charge in [-0.15, -0.1) is 0 Å². The summed E-state index contributed by atoms with van der Waals surface area (Å²) in [6.07, 6.45) is 2.84. The molecule has 0 aliphatic carbocycles. The summed E-state index contributed by atoms with van der Waals surface area (Å²) < 4.78 is 13.5. The van der Waals surface area contributed by atoms with Gasteiger partial charge in [-0.25, -0.2) is 4.39 Å². The molecule has 0 aromatic heterocycles. The third-order valence-electron chi connectivity index (χ3n) is 4.79. The van der Waals surface area contributed by atoms with Crippen LogP contribution in [-0.4, -0.2) is 49.4 Å². The lowest BCUT2D eigenvalue weighted by molar-refractivity contribution is -0.127. The number of halogens is 1. The van der Waals surface area contributed by atoms with Crippen LogP contribution in [-0.2, 0) is 9.59 Å². The van der Waals surface area contributed by atoms with Crippen LogP contribution in [0.5, 0.6) is 0 Å². The lowest BCUT2D eigenvalue weighted by atomic mass is 10.2. The molecule has 2 aromatic rings. The van der Waals surface area contributed by atoms with E-state index < -0.39 is 11.7 Å². The predicted molar refractivity (Wildman–Crippen MR) is 111 cm³/mol. The molecule has 0 saturated carbocycles. The second-order valence-corrected chi connectivity index (χ2v) is 6.81. The first kappa shape index (κ1) is 20.5. The summed E-state index contributed by atoms with van der Waals surface area (Å²) in [5, 5.41) is 0. The van der Waals surface area contributed by atoms with E-state index in [0.717, 1.165) is 26.2 Å². The molecule has 0 unspecified atom stereocenters. The van der Waals surface area contributed by atoms with Crippen LogP contribution in [0.15, 0.2) is 60.7 Å². The number of carbonyl (C=O) groups excluding carboxylic acids is 2. The number of rotatable bonds is 6. The Morgan fingerprint density at radius 2 is 1.62 bits per heavy atom. The molecule has 1 saturated heterocycles. The van der Waals surface area contributed by atoms with Gasteiger partial charge in [0.15, 0.2) is 0 Å². The van der Waals surface area contributed by atoms with E-state index in [2.05, 4.69) is 32.8 Å². The van der Waals surface area contributed by atoms with Crippen LogP contribution in [0, 0.1) is 5.82 Å². The summed E-state index contributed by atoms with van der Waals surface area (Å²) in [5.41, 5.74) is 6.23. The molecule has 1 fully saturated rings. The van der Waals surface area contributed by atoms with Crippen LogP contribution in [0.3, 0.4) is 0 Å². The maximum Gasteiger partial charge on any atom is 0.262 e. The Hall–Kier alpha value is -3.19. The van der Waals surface area contributed by atoms with Crippen molar-refractivity contribution in [1.82, 2.24) is 15.8 Å². The van der Waals surface area contributed by atoms with Crippen LogP contribution >= 0.6 is 0 Å². The molecule has 2 N–H and O–H groups in total. The highest BCUT2D eigenvalue weighted by atomic mass is 19.1. The lowest BCUT2D eigenvalue weighted by Gasteiger charge is -2.36. The molecule has 2 aromatic carbocycles. The molecule has 1 aliphatic rings. The molecule has 2 amide bonds. The molecule has 7 heteroatoms. The van der Waals surface area contributed by atoms with Gasteiger partial charge in [-0.05, 0) is 24.3 Å². The van der Waals surface area contributed by atoms with Crippen LogP contribution in [0.2, 0.25) is 0 Å². The number of hydrogen-bond acceptors (Lipinski definition) is 4. The largest absolute Gasteiger partial charge is 0.369 e. The first-order chi connectivity index (χ1) is 14.1. The van der Waals surface area contributed by atoms with E-state index in [-0.39, 0.29) is 5.91 Å². The number of benzene rings is 2. The van der Waals surface area contributed by atoms with Crippen LogP contribution in [0.4, 0.5) is 10.1 Å². The van der Waals surface area contributed by atoms with E-state index in [1.807, 2.05) is 18.2 Å². The van der Waals surface area contributed by atoms with Crippen LogP contribution in [0.25, 0.3) is 6.08 Å². The summed E-state index contributed by atoms with van der Waals surface area (Å²) in [5.74, 6) is -1.19. The highest BCUT2D eigenvalue weighted by molar-refractivity contribution is 5.93. The van der Waals surface area contributed by atoms with Crippen molar-refractivity contribution < 1.29 is 14.0 Å². The minimum absolute atomic E-state index is 0.261. The zero-order chi connectivity index (χ0) is 20.5. The van der Waals surface area contributed by atoms with Crippen LogP contribution < -0.4 is 15.8 Å². The number of anilines is 1. The second-order valence-electron chi connectivity index (χ2n) is 6.81. The van der Waals surface area contributed by atoms with Gasteiger partial charge in [0.1, 0.15) is 5.82 Å². The van der Waals surface area contributed by atoms with Crippen molar-refractivity contribution >= 4 is 23.6 Å². The van der Waals surface area contributed by atoms with Gasteiger partial charge in [0, 0.05) is 56.5 Å². The summed E-state index contributed by atoms with van der Waals surface area (Å²) in [7, 11) is 0. The van der Waals surface area contributed by atoms with Gasteiger partial charge in [-0.2, -0.15) is 0 Å². The minimum Gasteiger partial charge on any atom is -0.369 e. The first-order valence-corrected chi connectivity index (χ1v) is 9.65. The third-order valence-corrected chi connectivity index (χ3v) is 4.79. The van der Waals surface area contributed by atoms with E-state index in [0.29, 0.717) is 18.5 Å². The number of hydrazine groups is 1. The Labute approximate surface area is 170 Å². The highest BCUT2D eigenvalue weighted by Gasteiger charge is 2.17. The summed E-state index contributed by atoms with van der Waals surface area (Å²) in [6.45, 7) is 4.25. The van der Waals surface area contributed by atoms with Gasteiger partial charge in [-0.1, -0.05) is 36.4 Å². The average molecular weight is 396 g/mol. The fourth-order valence-corrected chi connectivity index (χ4v) is 3.14. The minimum atomic E-state index is -0.516. The molecule has 1 heterocycles. The molecule has 0 radical (unpaired) electrons. The van der Waals surface area contributed by atoms with Crippen molar-refractivity contribution in [1.29, 1.82) is 0 Å². The van der Waals surface area contributed by atoms with E-state index in [1.54, 1.807) is 18.2 Å². The zero-order valence-electron chi connectivity index (χ0n) is 16.2. The number of nitrogens with zero attached hydrogens (tertiary/aromatic N) is 2. The molecule has 0 spiro atoms. The van der Waals surface area contributed by atoms with Gasteiger partial charge >= 0.3 is 0 Å². The fourth-order valence-electron chi connectivity index (χ4n) is 3.14. The van der Waals surface area contributed by atoms with E-state index in [1.165, 1.54) is 23.9 Å². The number of para-hydroxylation sites is 1. The normalized spacial score (nSPS) is 14.7. The van der Waals surface area contributed by atoms with Gasteiger partial charge in [0.2, 0.25) is 5.91 Å². The molecular formula is C22H25FN4O2. The lowest BCUT2D eigenvalue weighted by Crippen LogP contribution is -2.48. The second kappa shape index (κ2) is 10.4. The van der Waals surface area contributed by atoms with Gasteiger partial charge in [0.25, 0.3) is 5.91 Å². The smallest absolute Gasteiger partial charge is 0.262 e. The molecule has 152 valence electrons. The highest BCUT2D eigenvalue weighted by Crippen LogP contribution is 2.15. The van der Waals surface area contributed by atoms with Gasteiger partial charge < -0.3 is 4.90 Å². The van der Waals surface area contributed by atoms with Crippen LogP contribution in [0.1, 0.15) is 12.0 Å². The predicted octanol–water partition coefficient (Wildman–Crippen LogP) is 2.20. The molecule has 3 rings (SSSR count). The van der Waals surface area contributed by atoms with Crippen molar-refractivity contribution in [2.75, 3.05) is 37.6 Å². The Morgan fingerprint density at radius 3 is 2.34 bits per heavy atom. The summed E-state index contributed by atoms with van der Waals surface area (Å²) in [4.78, 5) is 28.3. The molecule has 0 bridgehead atoms. The number of nitrogens with one attached hydrogen (secondary N) is 2. The Kier molecular flexibility index (Phi) is 7.35. The summed E-state index contributed by atoms with van der Waals surface area (Å²) in [6, 6.07) is 16.4. The number of hydrogen-bond donors (Lipinski definition) is 2. The maximum absolute atomic E-state index is 13.5. The van der Waals surface area contributed by atoms with Crippen molar-refractivity contribution in [3.63, 3.8) is 0 Å². The fraction of sp³-hybridized carbons (Fsp3) is 0.273. The van der Waals surface area contributed by atoms with Crippen molar-refractivity contribution in [3.05, 3.63) is 72.1 Å². The van der Waals surface area contributed by atoms with E-state index in [9.17, 15) is 14.0 Å². The maximum atomic E-state index is 13.5. The van der Waals surface area contributed by atoms with Gasteiger partial charge in [0.05, 0.1) is 0 Å². The van der Waals surface area contributed by atoms with E-state index in [4.69, 9.17) is 0 Å². The molecule has 29 heavy (non-hydrogen) atoms.